The van der Waals surface area contributed by atoms with E-state index in [4.69, 9.17) is 10.4 Å². The Hall–Kier alpha value is -1.47. The molecule has 1 aromatic rings. The zero-order valence-electron chi connectivity index (χ0n) is 9.90. The van der Waals surface area contributed by atoms with Crippen LogP contribution >= 0.6 is 0 Å². The molecule has 1 aromatic carbocycles. The summed E-state index contributed by atoms with van der Waals surface area (Å²) in [5.41, 5.74) is 0.700. The molecule has 0 aliphatic heterocycles. The van der Waals surface area contributed by atoms with Gasteiger partial charge in [-0.3, -0.25) is 0 Å². The summed E-state index contributed by atoms with van der Waals surface area (Å²) in [6.45, 7) is -0.291. The number of nitrogens with two attached hydrogens (primary N) is 1. The van der Waals surface area contributed by atoms with Crippen LogP contribution in [-0.2, 0) is 26.5 Å². The lowest BCUT2D eigenvalue weighted by Gasteiger charge is -2.06. The highest BCUT2D eigenvalue weighted by atomic mass is 32.2. The first kappa shape index (κ1) is 15.6. The Morgan fingerprint density at radius 3 is 2.21 bits per heavy atom. The molecule has 0 saturated heterocycles. The maximum atomic E-state index is 11.8. The predicted molar refractivity (Wildman–Crippen MR) is 68.9 cm³/mol. The van der Waals surface area contributed by atoms with Crippen LogP contribution in [0, 0.1) is 11.3 Å². The Morgan fingerprint density at radius 1 is 1.16 bits per heavy atom. The molecule has 104 valence electrons. The summed E-state index contributed by atoms with van der Waals surface area (Å²) >= 11 is 0. The summed E-state index contributed by atoms with van der Waals surface area (Å²) in [6.07, 6.45) is 0.194. The van der Waals surface area contributed by atoms with Gasteiger partial charge in [-0.15, -0.1) is 0 Å². The predicted octanol–water partition coefficient (Wildman–Crippen LogP) is -0.681. The van der Waals surface area contributed by atoms with Gasteiger partial charge in [-0.25, -0.2) is 26.7 Å². The fourth-order valence-corrected chi connectivity index (χ4v) is 2.83. The van der Waals surface area contributed by atoms with Gasteiger partial charge in [0.2, 0.25) is 20.0 Å². The highest BCUT2D eigenvalue weighted by molar-refractivity contribution is 7.90. The molecule has 0 heterocycles. The van der Waals surface area contributed by atoms with Crippen molar-refractivity contribution >= 4 is 20.0 Å². The Balaban J connectivity index is 2.75. The second-order valence-corrected chi connectivity index (χ2v) is 7.24. The Labute approximate surface area is 112 Å². The zero-order chi connectivity index (χ0) is 14.5. The van der Waals surface area contributed by atoms with Crippen LogP contribution in [0.3, 0.4) is 0 Å². The largest absolute Gasteiger partial charge is 0.240 e. The van der Waals surface area contributed by atoms with E-state index in [0.717, 1.165) is 0 Å². The van der Waals surface area contributed by atoms with Gasteiger partial charge in [0, 0.05) is 6.54 Å². The first-order chi connectivity index (χ1) is 8.74. The average molecular weight is 303 g/mol. The van der Waals surface area contributed by atoms with Crippen LogP contribution in [0.4, 0.5) is 0 Å². The van der Waals surface area contributed by atoms with Gasteiger partial charge in [-0.2, -0.15) is 5.26 Å². The fraction of sp³-hybridized carbons (Fsp3) is 0.300. The number of benzene rings is 1. The monoisotopic (exact) mass is 303 g/mol. The van der Waals surface area contributed by atoms with Gasteiger partial charge in [0.25, 0.3) is 0 Å². The third-order valence-electron chi connectivity index (χ3n) is 2.20. The van der Waals surface area contributed by atoms with Gasteiger partial charge in [-0.05, 0) is 17.7 Å². The zero-order valence-corrected chi connectivity index (χ0v) is 11.5. The first-order valence-corrected chi connectivity index (χ1v) is 8.40. The average Bonchev–Trinajstić information content (AvgIpc) is 2.28. The van der Waals surface area contributed by atoms with E-state index >= 15 is 0 Å². The molecular weight excluding hydrogens is 290 g/mol. The number of nitrogens with zero attached hydrogens (tertiary/aromatic N) is 1. The van der Waals surface area contributed by atoms with E-state index in [1.165, 1.54) is 24.3 Å². The number of nitrogens with one attached hydrogen (secondary N) is 1. The smallest absolute Gasteiger partial charge is 0.229 e. The van der Waals surface area contributed by atoms with Gasteiger partial charge in [0.1, 0.15) is 0 Å². The Bertz CT molecular complexity index is 672. The van der Waals surface area contributed by atoms with Crippen LogP contribution in [0.2, 0.25) is 0 Å². The van der Waals surface area contributed by atoms with Crippen molar-refractivity contribution in [1.29, 1.82) is 5.26 Å². The van der Waals surface area contributed by atoms with Crippen molar-refractivity contribution in [2.75, 3.05) is 12.3 Å². The minimum Gasteiger partial charge on any atom is -0.229 e. The molecule has 0 amide bonds. The van der Waals surface area contributed by atoms with Gasteiger partial charge in [0.05, 0.1) is 23.1 Å². The Morgan fingerprint density at radius 2 is 1.74 bits per heavy atom. The van der Waals surface area contributed by atoms with Crippen LogP contribution in [0.1, 0.15) is 5.56 Å². The van der Waals surface area contributed by atoms with E-state index in [1.807, 2.05) is 6.07 Å². The van der Waals surface area contributed by atoms with Gasteiger partial charge < -0.3 is 0 Å². The molecular formula is C10H13N3O4S2. The van der Waals surface area contributed by atoms with Crippen molar-refractivity contribution in [3.8, 4) is 6.07 Å². The molecule has 0 bridgehead atoms. The first-order valence-electron chi connectivity index (χ1n) is 5.20. The van der Waals surface area contributed by atoms with E-state index in [0.29, 0.717) is 5.56 Å². The van der Waals surface area contributed by atoms with E-state index in [9.17, 15) is 16.8 Å². The van der Waals surface area contributed by atoms with Crippen molar-refractivity contribution in [2.24, 2.45) is 5.14 Å². The molecule has 0 saturated carbocycles. The number of hydrogen-bond acceptors (Lipinski definition) is 5. The lowest BCUT2D eigenvalue weighted by molar-refractivity contribution is 0.581. The van der Waals surface area contributed by atoms with E-state index < -0.39 is 25.8 Å². The molecule has 0 unspecified atom stereocenters. The Kier molecular flexibility index (Phi) is 5.02. The highest BCUT2D eigenvalue weighted by Gasteiger charge is 2.14. The number of nitriles is 1. The standard InChI is InChI=1S/C10H13N3O4S2/c11-6-5-9-1-3-10(4-2-9)19(16,17)13-7-8-18(12,14)15/h1-4,13H,5,7-8H2,(H2,12,14,15). The minimum atomic E-state index is -3.77. The summed E-state index contributed by atoms with van der Waals surface area (Å²) in [7, 11) is -7.47. The second kappa shape index (κ2) is 6.12. The molecule has 0 fully saturated rings. The molecule has 7 nitrogen and oxygen atoms in total. The highest BCUT2D eigenvalue weighted by Crippen LogP contribution is 2.10. The van der Waals surface area contributed by atoms with E-state index in [1.54, 1.807) is 0 Å². The van der Waals surface area contributed by atoms with Crippen LogP contribution in [0.15, 0.2) is 29.2 Å². The van der Waals surface area contributed by atoms with Crippen LogP contribution in [0.5, 0.6) is 0 Å². The van der Waals surface area contributed by atoms with Gasteiger partial charge >= 0.3 is 0 Å². The lowest BCUT2D eigenvalue weighted by Crippen LogP contribution is -2.31. The number of hydrogen-bond donors (Lipinski definition) is 2. The van der Waals surface area contributed by atoms with Crippen molar-refractivity contribution in [3.63, 3.8) is 0 Å². The SMILES string of the molecule is N#CCc1ccc(S(=O)(=O)NCCS(N)(=O)=O)cc1. The molecule has 0 atom stereocenters. The van der Waals surface area contributed by atoms with Crippen LogP contribution in [-0.4, -0.2) is 29.1 Å². The summed E-state index contributed by atoms with van der Waals surface area (Å²) < 4.78 is 47.0. The van der Waals surface area contributed by atoms with Crippen molar-refractivity contribution < 1.29 is 16.8 Å². The number of sulfonamides is 2. The maximum absolute atomic E-state index is 11.8. The van der Waals surface area contributed by atoms with Crippen molar-refractivity contribution in [3.05, 3.63) is 29.8 Å². The normalized spacial score (nSPS) is 12.0. The second-order valence-electron chi connectivity index (χ2n) is 3.74. The fourth-order valence-electron chi connectivity index (χ4n) is 1.28. The molecule has 0 radical (unpaired) electrons. The maximum Gasteiger partial charge on any atom is 0.240 e. The summed E-state index contributed by atoms with van der Waals surface area (Å²) in [4.78, 5) is 0.00334. The van der Waals surface area contributed by atoms with E-state index in [-0.39, 0.29) is 17.9 Å². The number of rotatable bonds is 6. The molecule has 3 N–H and O–H groups in total. The topological polar surface area (TPSA) is 130 Å². The molecule has 0 spiro atoms. The molecule has 0 aromatic heterocycles. The minimum absolute atomic E-state index is 0.00334. The molecule has 9 heteroatoms. The summed E-state index contributed by atoms with van der Waals surface area (Å²) in [6, 6.07) is 7.70. The molecule has 0 aliphatic rings. The molecule has 0 aliphatic carbocycles. The summed E-state index contributed by atoms with van der Waals surface area (Å²) in [5.74, 6) is -0.473. The molecule has 19 heavy (non-hydrogen) atoms. The van der Waals surface area contributed by atoms with Gasteiger partial charge in [0.15, 0.2) is 0 Å². The third kappa shape index (κ3) is 5.35. The number of primary sulfonamides is 1. The van der Waals surface area contributed by atoms with Crippen LogP contribution in [0.25, 0.3) is 0 Å². The molecule has 1 rings (SSSR count). The van der Waals surface area contributed by atoms with Crippen molar-refractivity contribution in [2.45, 2.75) is 11.3 Å². The van der Waals surface area contributed by atoms with Gasteiger partial charge in [-0.1, -0.05) is 12.1 Å². The van der Waals surface area contributed by atoms with E-state index in [2.05, 4.69) is 4.72 Å². The van der Waals surface area contributed by atoms with Crippen molar-refractivity contribution in [1.82, 2.24) is 4.72 Å². The lowest BCUT2D eigenvalue weighted by atomic mass is 10.2. The quantitative estimate of drug-likeness (QED) is 0.719. The third-order valence-corrected chi connectivity index (χ3v) is 4.45. The van der Waals surface area contributed by atoms with Crippen LogP contribution < -0.4 is 9.86 Å². The summed E-state index contributed by atoms with van der Waals surface area (Å²) in [5, 5.41) is 13.3.